The van der Waals surface area contributed by atoms with Gasteiger partial charge in [0.15, 0.2) is 23.1 Å². The summed E-state index contributed by atoms with van der Waals surface area (Å²) in [5.41, 5.74) is 7.72. The van der Waals surface area contributed by atoms with Crippen LogP contribution in [0.1, 0.15) is 283 Å². The predicted octanol–water partition coefficient (Wildman–Crippen LogP) is 27.6. The lowest BCUT2D eigenvalue weighted by molar-refractivity contribution is 0.0975. The summed E-state index contributed by atoms with van der Waals surface area (Å²) in [6.45, 7) is 19.6. The van der Waals surface area contributed by atoms with Crippen molar-refractivity contribution in [3.05, 3.63) is 150 Å². The Bertz CT molecular complexity index is 3890. The van der Waals surface area contributed by atoms with E-state index in [1.54, 1.807) is 46.9 Å². The third-order valence-corrected chi connectivity index (χ3v) is 27.8. The maximum absolute atomic E-state index is 13.9. The molecule has 0 bridgehead atoms. The minimum absolute atomic E-state index is 0.176. The number of unbranched alkanes of at least 4 members (excludes halogenated alkanes) is 14. The van der Waals surface area contributed by atoms with E-state index in [1.165, 1.54) is 125 Å². The lowest BCUT2D eigenvalue weighted by Gasteiger charge is -2.19. The lowest BCUT2D eigenvalue weighted by atomic mass is 10.0. The van der Waals surface area contributed by atoms with E-state index in [1.807, 2.05) is 81.8 Å². The van der Waals surface area contributed by atoms with Crippen LogP contribution in [0.2, 0.25) is 0 Å². The number of fused-ring (bicyclic) bond motifs is 4. The van der Waals surface area contributed by atoms with E-state index < -0.39 is 0 Å². The van der Waals surface area contributed by atoms with Crippen molar-refractivity contribution in [2.45, 2.75) is 235 Å². The lowest BCUT2D eigenvalue weighted by Crippen LogP contribution is -2.12. The molecule has 9 aromatic rings. The zero-order valence-electron chi connectivity index (χ0n) is 59.5. The number of ether oxygens (including phenoxy) is 2. The quantitative estimate of drug-likeness (QED) is 0.0216. The van der Waals surface area contributed by atoms with Gasteiger partial charge in [0.25, 0.3) is 0 Å². The van der Waals surface area contributed by atoms with Gasteiger partial charge in [0.2, 0.25) is 0 Å². The summed E-state index contributed by atoms with van der Waals surface area (Å²) in [6.07, 6.45) is 35.0. The first-order valence-electron chi connectivity index (χ1n) is 37.5. The van der Waals surface area contributed by atoms with E-state index in [2.05, 4.69) is 91.8 Å². The molecule has 6 nitrogen and oxygen atoms in total. The summed E-state index contributed by atoms with van der Waals surface area (Å²) in [7, 11) is 0. The van der Waals surface area contributed by atoms with Crippen LogP contribution >= 0.6 is 68.0 Å². The van der Waals surface area contributed by atoms with Gasteiger partial charge in [-0.25, -0.2) is 0 Å². The molecule has 6 heterocycles. The summed E-state index contributed by atoms with van der Waals surface area (Å²) in [5.74, 6) is 2.09. The Morgan fingerprint density at radius 2 is 0.663 bits per heavy atom. The van der Waals surface area contributed by atoms with E-state index in [4.69, 9.17) is 9.47 Å². The number of hydrogen-bond acceptors (Lipinski definition) is 12. The highest BCUT2D eigenvalue weighted by molar-refractivity contribution is 7.30. The van der Waals surface area contributed by atoms with Crippen molar-refractivity contribution in [1.82, 2.24) is 0 Å². The molecule has 3 aromatic carbocycles. The van der Waals surface area contributed by atoms with Gasteiger partial charge in [0.05, 0.1) is 33.8 Å². The third-order valence-electron chi connectivity index (χ3n) is 20.2. The Labute approximate surface area is 608 Å². The first-order valence-corrected chi connectivity index (χ1v) is 42.4. The molecule has 0 N–H and O–H groups in total. The largest absolute Gasteiger partial charge is 0.491 e. The molecule has 0 spiro atoms. The Kier molecular flexibility index (Phi) is 26.7. The zero-order valence-corrected chi connectivity index (χ0v) is 64.4. The van der Waals surface area contributed by atoms with E-state index in [-0.39, 0.29) is 34.3 Å². The molecule has 2 atom stereocenters. The maximum atomic E-state index is 13.9. The number of carbonyl (C=O) groups excluding carboxylic acids is 4. The van der Waals surface area contributed by atoms with Crippen LogP contribution < -0.4 is 9.47 Å². The fourth-order valence-electron chi connectivity index (χ4n) is 14.1. The van der Waals surface area contributed by atoms with Gasteiger partial charge in [-0.2, -0.15) is 0 Å². The van der Waals surface area contributed by atoms with Crippen molar-refractivity contribution in [1.29, 1.82) is 0 Å². The number of benzene rings is 3. The van der Waals surface area contributed by atoms with Crippen LogP contribution in [0.4, 0.5) is 0 Å². The van der Waals surface area contributed by atoms with Gasteiger partial charge in [-0.3, -0.25) is 19.2 Å². The minimum Gasteiger partial charge on any atom is -0.491 e. The molecule has 0 radical (unpaired) electrons. The monoisotopic (exact) mass is 1420 g/mol. The minimum atomic E-state index is -0.176. The van der Waals surface area contributed by atoms with Crippen LogP contribution in [0.5, 0.6) is 11.5 Å². The summed E-state index contributed by atoms with van der Waals surface area (Å²) < 4.78 is 17.3. The van der Waals surface area contributed by atoms with Gasteiger partial charge >= 0.3 is 0 Å². The molecule has 6 aromatic heterocycles. The number of rotatable bonds is 40. The van der Waals surface area contributed by atoms with E-state index in [0.29, 0.717) is 47.3 Å². The molecule has 0 fully saturated rings. The van der Waals surface area contributed by atoms with Crippen molar-refractivity contribution in [2.75, 3.05) is 13.2 Å². The number of thiophene rings is 6. The van der Waals surface area contributed by atoms with Crippen LogP contribution in [-0.4, -0.2) is 36.3 Å². The van der Waals surface area contributed by atoms with Gasteiger partial charge in [0, 0.05) is 81.8 Å². The van der Waals surface area contributed by atoms with Gasteiger partial charge in [-0.1, -0.05) is 219 Å². The predicted molar refractivity (Wildman–Crippen MR) is 426 cm³/mol. The molecule has 98 heavy (non-hydrogen) atoms. The van der Waals surface area contributed by atoms with Crippen molar-refractivity contribution >= 4 is 123 Å². The molecule has 0 amide bonds. The number of aryl methyl sites for hydroxylation is 4. The molecule has 2 aliphatic rings. The third kappa shape index (κ3) is 16.9. The van der Waals surface area contributed by atoms with Crippen LogP contribution in [0, 0.1) is 11.8 Å². The van der Waals surface area contributed by atoms with E-state index in [9.17, 15) is 19.2 Å². The molecule has 2 aliphatic carbocycles. The summed E-state index contributed by atoms with van der Waals surface area (Å²) in [4.78, 5) is 67.6. The maximum Gasteiger partial charge on any atom is 0.197 e. The molecule has 12 heteroatoms. The number of Topliss-reactive ketones (excluding diaryl/α,β-unsaturated/α-hetero) is 4. The van der Waals surface area contributed by atoms with Crippen LogP contribution in [0.25, 0.3) is 71.3 Å². The molecule has 518 valence electrons. The Morgan fingerprint density at radius 3 is 0.990 bits per heavy atom. The Hall–Kier alpha value is -5.86. The number of carbonyl (C=O) groups is 4. The highest BCUT2D eigenvalue weighted by Gasteiger charge is 2.35. The summed E-state index contributed by atoms with van der Waals surface area (Å²) in [6, 6.07) is 29.1. The normalized spacial score (nSPS) is 13.7. The summed E-state index contributed by atoms with van der Waals surface area (Å²) in [5, 5.41) is 2.26. The SMILES string of the molecule is CCCCCCc1cc(-c2cc(CCCCCC)c(-c3cc4c(OCC(CC)CCCC)c5sc(-c6sc(-c7cc(CCCCCC)c(C=C8C(=O)c9ccccc9C8=O)s7)cc6CCCCCC)cc5c(OCC(CC)CCCC)c4s3)s2)sc1C=C1C(=O)c2ccccc2C1=O. The van der Waals surface area contributed by atoms with Crippen molar-refractivity contribution in [2.24, 2.45) is 11.8 Å². The molecule has 11 rings (SSSR count). The fraction of sp³-hybridized carbons (Fsp3) is 0.465. The Balaban J connectivity index is 1.06. The average Bonchev–Trinajstić information content (AvgIpc) is 1.57. The van der Waals surface area contributed by atoms with E-state index in [0.717, 1.165) is 157 Å². The molecule has 0 aliphatic heterocycles. The average molecular weight is 1420 g/mol. The first-order chi connectivity index (χ1) is 47.9. The Morgan fingerprint density at radius 1 is 0.347 bits per heavy atom. The number of hydrogen-bond donors (Lipinski definition) is 0. The topological polar surface area (TPSA) is 86.7 Å². The van der Waals surface area contributed by atoms with E-state index >= 15 is 0 Å². The molecule has 0 saturated heterocycles. The molecular formula is C86H102O6S6. The second-order valence-electron chi connectivity index (χ2n) is 27.5. The highest BCUT2D eigenvalue weighted by atomic mass is 32.1. The second-order valence-corrected chi connectivity index (χ2v) is 33.9. The van der Waals surface area contributed by atoms with Gasteiger partial charge in [-0.05, 0) is 147 Å². The molecule has 0 saturated carbocycles. The van der Waals surface area contributed by atoms with Crippen molar-refractivity contribution in [3.8, 4) is 50.5 Å². The van der Waals surface area contributed by atoms with Crippen molar-refractivity contribution < 1.29 is 28.7 Å². The molecular weight excluding hydrogens is 1320 g/mol. The summed E-state index contributed by atoms with van der Waals surface area (Å²) >= 11 is 11.0. The first kappa shape index (κ1) is 73.4. The number of ketones is 4. The molecule has 2 unspecified atom stereocenters. The second kappa shape index (κ2) is 35.6. The van der Waals surface area contributed by atoms with Crippen molar-refractivity contribution in [3.63, 3.8) is 0 Å². The van der Waals surface area contributed by atoms with Crippen LogP contribution in [0.3, 0.4) is 0 Å². The van der Waals surface area contributed by atoms with Crippen LogP contribution in [-0.2, 0) is 25.7 Å². The van der Waals surface area contributed by atoms with Gasteiger partial charge in [-0.15, -0.1) is 68.0 Å². The number of allylic oxidation sites excluding steroid dienone is 2. The highest BCUT2D eigenvalue weighted by Crippen LogP contribution is 2.56. The van der Waals surface area contributed by atoms with Crippen LogP contribution in [0.15, 0.2) is 96.1 Å². The smallest absolute Gasteiger partial charge is 0.197 e. The fourth-order valence-corrected chi connectivity index (χ4v) is 21.6. The van der Waals surface area contributed by atoms with Gasteiger partial charge < -0.3 is 9.47 Å². The zero-order chi connectivity index (χ0) is 68.7. The van der Waals surface area contributed by atoms with Gasteiger partial charge in [0.1, 0.15) is 11.5 Å². The standard InChI is InChI=1S/C86H102O6S6/c1-9-17-23-27-37-57-45-71(93-69(57)49-65-77(87)61-41-31-32-42-62(61)78(65)88)73-47-59(39-29-25-19-11-3)83(95-73)75-51-67-81(91-53-55(15-7)35-21-13-5)86-68(82(85(67)97-75)92-54-56(16-8)36-22-14-6)52-76(98-86)84-60(40-30-26-20-12-4)48-74(96-84)72-46-58(38-28-24-18-10-2)70(94-72)50-66-79(89)63-43-33-34-44-64(63)80(66)90/h31-34,41-52,55-56H,9-30,35-40,53-54H2,1-8H3.